The summed E-state index contributed by atoms with van der Waals surface area (Å²) >= 11 is 0. The fraction of sp³-hybridized carbons (Fsp3) is 0.400. The molecule has 0 radical (unpaired) electrons. The molecule has 1 fully saturated rings. The number of piperidine rings is 1. The zero-order valence-electron chi connectivity index (χ0n) is 15.5. The van der Waals surface area contributed by atoms with E-state index in [0.29, 0.717) is 23.4 Å². The van der Waals surface area contributed by atoms with Crippen LogP contribution in [0.15, 0.2) is 36.7 Å². The molecule has 1 aliphatic heterocycles. The summed E-state index contributed by atoms with van der Waals surface area (Å²) in [6, 6.07) is 8.82. The van der Waals surface area contributed by atoms with Crippen molar-refractivity contribution < 1.29 is 9.18 Å². The molecule has 140 valence electrons. The van der Waals surface area contributed by atoms with Gasteiger partial charge >= 0.3 is 0 Å². The molecule has 1 aliphatic rings. The molecule has 4 rings (SSSR count). The number of rotatable bonds is 3. The summed E-state index contributed by atoms with van der Waals surface area (Å²) in [5, 5.41) is 4.29. The topological polar surface area (TPSA) is 63.4 Å². The Morgan fingerprint density at radius 3 is 2.81 bits per heavy atom. The third-order valence-corrected chi connectivity index (χ3v) is 5.15. The fourth-order valence-corrected chi connectivity index (χ4v) is 3.73. The Hall–Kier alpha value is -2.83. The molecule has 2 unspecified atom stereocenters. The molecule has 1 saturated heterocycles. The second-order valence-corrected chi connectivity index (χ2v) is 7.12. The predicted molar refractivity (Wildman–Crippen MR) is 99.4 cm³/mol. The Balaban J connectivity index is 1.57. The summed E-state index contributed by atoms with van der Waals surface area (Å²) in [6.45, 7) is 4.78. The maximum Gasteiger partial charge on any atom is 0.253 e. The van der Waals surface area contributed by atoms with Crippen LogP contribution in [0.4, 0.5) is 4.39 Å². The molecule has 2 atom stereocenters. The summed E-state index contributed by atoms with van der Waals surface area (Å²) in [6.07, 6.45) is 2.38. The first kappa shape index (κ1) is 17.6. The maximum absolute atomic E-state index is 13.4. The Morgan fingerprint density at radius 1 is 1.30 bits per heavy atom. The lowest BCUT2D eigenvalue weighted by atomic mass is 9.93. The van der Waals surface area contributed by atoms with Crippen LogP contribution in [0, 0.1) is 6.92 Å². The second-order valence-electron chi connectivity index (χ2n) is 7.12. The molecule has 3 heterocycles. The van der Waals surface area contributed by atoms with E-state index in [1.54, 1.807) is 28.8 Å². The van der Waals surface area contributed by atoms with Crippen molar-refractivity contribution in [1.82, 2.24) is 24.5 Å². The Bertz CT molecular complexity index is 966. The number of amides is 1. The largest absolute Gasteiger partial charge is 0.338 e. The number of aryl methyl sites for hydroxylation is 1. The fourth-order valence-electron chi connectivity index (χ4n) is 3.73. The number of fused-ring (bicyclic) bond motifs is 1. The number of aromatic nitrogens is 4. The Kier molecular flexibility index (Phi) is 4.59. The number of carbonyl (C=O) groups excluding carboxylic acids is 1. The van der Waals surface area contributed by atoms with Crippen molar-refractivity contribution in [2.45, 2.75) is 38.8 Å². The maximum atomic E-state index is 13.4. The molecule has 27 heavy (non-hydrogen) atoms. The first-order valence-corrected chi connectivity index (χ1v) is 9.23. The highest BCUT2D eigenvalue weighted by molar-refractivity contribution is 5.94. The Morgan fingerprint density at radius 2 is 2.07 bits per heavy atom. The lowest BCUT2D eigenvalue weighted by molar-refractivity contribution is 0.0705. The van der Waals surface area contributed by atoms with Gasteiger partial charge in [-0.3, -0.25) is 4.79 Å². The first-order chi connectivity index (χ1) is 13.0. The third kappa shape index (κ3) is 3.41. The van der Waals surface area contributed by atoms with Crippen LogP contribution >= 0.6 is 0 Å². The van der Waals surface area contributed by atoms with Gasteiger partial charge < -0.3 is 4.90 Å². The molecule has 0 bridgehead atoms. The zero-order valence-corrected chi connectivity index (χ0v) is 15.5. The van der Waals surface area contributed by atoms with Crippen LogP contribution in [0.2, 0.25) is 0 Å². The van der Waals surface area contributed by atoms with Crippen molar-refractivity contribution in [3.05, 3.63) is 59.2 Å². The van der Waals surface area contributed by atoms with Crippen LogP contribution in [0.5, 0.6) is 0 Å². The second kappa shape index (κ2) is 7.06. The summed E-state index contributed by atoms with van der Waals surface area (Å²) in [5.41, 5.74) is 3.11. The van der Waals surface area contributed by atoms with Gasteiger partial charge in [-0.05, 0) is 50.5 Å². The molecule has 0 spiro atoms. The highest BCUT2D eigenvalue weighted by Crippen LogP contribution is 2.28. The molecule has 0 saturated carbocycles. The van der Waals surface area contributed by atoms with Gasteiger partial charge in [0.25, 0.3) is 11.7 Å². The van der Waals surface area contributed by atoms with Crippen LogP contribution < -0.4 is 0 Å². The molecular formula is C20H22FN5O. The van der Waals surface area contributed by atoms with E-state index in [1.807, 2.05) is 17.9 Å². The quantitative estimate of drug-likeness (QED) is 0.711. The molecule has 0 aliphatic carbocycles. The number of hydrogen-bond donors (Lipinski definition) is 0. The summed E-state index contributed by atoms with van der Waals surface area (Å²) in [7, 11) is 0. The minimum atomic E-state index is -1.03. The summed E-state index contributed by atoms with van der Waals surface area (Å²) in [4.78, 5) is 23.4. The van der Waals surface area contributed by atoms with Crippen molar-refractivity contribution in [2.24, 2.45) is 0 Å². The minimum Gasteiger partial charge on any atom is -0.338 e. The normalized spacial score (nSPS) is 18.6. The van der Waals surface area contributed by atoms with Gasteiger partial charge in [-0.1, -0.05) is 12.1 Å². The highest BCUT2D eigenvalue weighted by atomic mass is 19.1. The number of hydrogen-bond acceptors (Lipinski definition) is 4. The summed E-state index contributed by atoms with van der Waals surface area (Å²) < 4.78 is 15.1. The first-order valence-electron chi connectivity index (χ1n) is 9.23. The zero-order chi connectivity index (χ0) is 19.0. The van der Waals surface area contributed by atoms with Gasteiger partial charge in [-0.2, -0.15) is 10.1 Å². The smallest absolute Gasteiger partial charge is 0.253 e. The number of carbonyl (C=O) groups is 1. The van der Waals surface area contributed by atoms with E-state index in [2.05, 4.69) is 15.1 Å². The van der Waals surface area contributed by atoms with Crippen molar-refractivity contribution in [3.63, 3.8) is 0 Å². The lowest BCUT2D eigenvalue weighted by Gasteiger charge is -2.33. The average Bonchev–Trinajstić information content (AvgIpc) is 3.15. The van der Waals surface area contributed by atoms with Crippen LogP contribution in [0.1, 0.15) is 59.2 Å². The standard InChI is InChI=1S/C20H22FN5O/c1-13-10-18(26-20(24-13)22-12-23-26)17-4-3-9-25(11-17)19(27)16-7-5-15(6-8-16)14(2)21/h5-8,10,12,14,17H,3-4,9,11H2,1-2H3. The molecule has 3 aromatic rings. The van der Waals surface area contributed by atoms with Crippen LogP contribution in [-0.2, 0) is 0 Å². The molecular weight excluding hydrogens is 345 g/mol. The van der Waals surface area contributed by atoms with E-state index in [0.717, 1.165) is 30.8 Å². The van der Waals surface area contributed by atoms with E-state index in [-0.39, 0.29) is 11.8 Å². The minimum absolute atomic E-state index is 0.0154. The lowest BCUT2D eigenvalue weighted by Crippen LogP contribution is -2.39. The summed E-state index contributed by atoms with van der Waals surface area (Å²) in [5.74, 6) is 0.751. The predicted octanol–water partition coefficient (Wildman–Crippen LogP) is 3.48. The number of benzene rings is 1. The van der Waals surface area contributed by atoms with E-state index in [9.17, 15) is 9.18 Å². The van der Waals surface area contributed by atoms with Crippen LogP contribution in [0.3, 0.4) is 0 Å². The average molecular weight is 367 g/mol. The SMILES string of the molecule is Cc1cc(C2CCCN(C(=O)c3ccc(C(C)F)cc3)C2)n2ncnc2n1. The van der Waals surface area contributed by atoms with Gasteiger partial charge in [0.1, 0.15) is 12.5 Å². The van der Waals surface area contributed by atoms with Crippen LogP contribution in [0.25, 0.3) is 5.78 Å². The van der Waals surface area contributed by atoms with Gasteiger partial charge in [0.05, 0.1) is 5.69 Å². The molecule has 1 aromatic carbocycles. The van der Waals surface area contributed by atoms with Crippen molar-refractivity contribution in [1.29, 1.82) is 0 Å². The van der Waals surface area contributed by atoms with Gasteiger partial charge in [0.15, 0.2) is 0 Å². The monoisotopic (exact) mass is 367 g/mol. The van der Waals surface area contributed by atoms with E-state index in [4.69, 9.17) is 0 Å². The van der Waals surface area contributed by atoms with Crippen molar-refractivity contribution >= 4 is 11.7 Å². The molecule has 1 amide bonds. The highest BCUT2D eigenvalue weighted by Gasteiger charge is 2.27. The Labute approximate surface area is 157 Å². The number of halogens is 1. The number of nitrogens with zero attached hydrogens (tertiary/aromatic N) is 5. The molecule has 2 aromatic heterocycles. The van der Waals surface area contributed by atoms with Gasteiger partial charge in [-0.15, -0.1) is 0 Å². The van der Waals surface area contributed by atoms with Crippen molar-refractivity contribution in [2.75, 3.05) is 13.1 Å². The van der Waals surface area contributed by atoms with Gasteiger partial charge in [0, 0.05) is 30.3 Å². The molecule has 7 heteroatoms. The number of alkyl halides is 1. The van der Waals surface area contributed by atoms with Crippen molar-refractivity contribution in [3.8, 4) is 0 Å². The van der Waals surface area contributed by atoms with Gasteiger partial charge in [-0.25, -0.2) is 13.9 Å². The van der Waals surface area contributed by atoms with Gasteiger partial charge in [0.2, 0.25) is 0 Å². The van der Waals surface area contributed by atoms with E-state index < -0.39 is 6.17 Å². The third-order valence-electron chi connectivity index (χ3n) is 5.15. The number of likely N-dealkylation sites (tertiary alicyclic amines) is 1. The molecule has 6 nitrogen and oxygen atoms in total. The van der Waals surface area contributed by atoms with E-state index in [1.165, 1.54) is 13.3 Å². The molecule has 0 N–H and O–H groups in total. The van der Waals surface area contributed by atoms with Crippen LogP contribution in [-0.4, -0.2) is 43.5 Å². The van der Waals surface area contributed by atoms with E-state index >= 15 is 0 Å².